The van der Waals surface area contributed by atoms with Gasteiger partial charge in [0.1, 0.15) is 0 Å². The summed E-state index contributed by atoms with van der Waals surface area (Å²) in [5, 5.41) is 25.1. The molecular weight excluding hydrogens is 384 g/mol. The third-order valence-electron chi connectivity index (χ3n) is 5.96. The summed E-state index contributed by atoms with van der Waals surface area (Å²) < 4.78 is 1.03. The van der Waals surface area contributed by atoms with E-state index >= 15 is 0 Å². The molecule has 8 nitrogen and oxygen atoms in total. The lowest BCUT2D eigenvalue weighted by Gasteiger charge is -2.38. The van der Waals surface area contributed by atoms with Crippen LogP contribution in [0.15, 0.2) is 17.5 Å². The number of anilines is 3. The van der Waals surface area contributed by atoms with Gasteiger partial charge in [-0.05, 0) is 44.1 Å². The molecule has 5 rings (SSSR count). The quantitative estimate of drug-likeness (QED) is 0.570. The predicted octanol–water partition coefficient (Wildman–Crippen LogP) is 3.79. The highest BCUT2D eigenvalue weighted by Crippen LogP contribution is 2.37. The highest BCUT2D eigenvalue weighted by atomic mass is 32.1. The summed E-state index contributed by atoms with van der Waals surface area (Å²) in [7, 11) is 0. The van der Waals surface area contributed by atoms with Gasteiger partial charge in [-0.3, -0.25) is 10.00 Å². The van der Waals surface area contributed by atoms with Gasteiger partial charge in [0.2, 0.25) is 5.95 Å². The van der Waals surface area contributed by atoms with E-state index in [2.05, 4.69) is 31.8 Å². The van der Waals surface area contributed by atoms with Crippen molar-refractivity contribution in [2.75, 3.05) is 17.2 Å². The standard InChI is InChI=1S/C20H24N8S/c1-12-9-17(27-26-12)24-19-18-16(5-8-29-18)23-20(25-19)22-13-10-14-3-4-15(11-13)28(14)7-2-6-21/h5,8-9,13-15H,2-4,7,10-11H2,1H3,(H3,22,23,24,25,26,27)/t13?,14-,15?/m0/s1. The smallest absolute Gasteiger partial charge is 0.225 e. The molecule has 0 aromatic carbocycles. The number of aromatic amines is 1. The van der Waals surface area contributed by atoms with Crippen molar-refractivity contribution < 1.29 is 0 Å². The van der Waals surface area contributed by atoms with Crippen molar-refractivity contribution in [1.29, 1.82) is 5.26 Å². The van der Waals surface area contributed by atoms with E-state index in [1.807, 2.05) is 24.4 Å². The summed E-state index contributed by atoms with van der Waals surface area (Å²) in [5.74, 6) is 2.21. The topological polar surface area (TPSA) is 106 Å². The molecule has 3 N–H and O–H groups in total. The van der Waals surface area contributed by atoms with E-state index in [1.165, 1.54) is 12.8 Å². The minimum absolute atomic E-state index is 0.363. The molecule has 0 amide bonds. The Labute approximate surface area is 173 Å². The molecule has 5 heterocycles. The lowest BCUT2D eigenvalue weighted by molar-refractivity contribution is 0.135. The molecule has 9 heteroatoms. The molecule has 2 aliphatic heterocycles. The molecule has 150 valence electrons. The van der Waals surface area contributed by atoms with Crippen molar-refractivity contribution in [2.45, 2.75) is 57.2 Å². The number of H-pyrrole nitrogens is 1. The maximum atomic E-state index is 8.92. The molecule has 3 atom stereocenters. The Bertz CT molecular complexity index is 1040. The van der Waals surface area contributed by atoms with Gasteiger partial charge in [-0.15, -0.1) is 11.3 Å². The molecule has 2 saturated heterocycles. The van der Waals surface area contributed by atoms with Crippen LogP contribution in [0.2, 0.25) is 0 Å². The number of nitrogens with zero attached hydrogens (tertiary/aromatic N) is 5. The SMILES string of the molecule is Cc1cc(Nc2nc(NC3CC4CC[C@@H](C3)N4CCC#N)nc3ccsc23)n[nH]1. The van der Waals surface area contributed by atoms with E-state index in [0.717, 1.165) is 46.9 Å². The van der Waals surface area contributed by atoms with Crippen molar-refractivity contribution in [3.63, 3.8) is 0 Å². The first-order valence-electron chi connectivity index (χ1n) is 10.1. The van der Waals surface area contributed by atoms with Gasteiger partial charge in [0.25, 0.3) is 0 Å². The number of nitrogens with one attached hydrogen (secondary N) is 3. The van der Waals surface area contributed by atoms with Crippen LogP contribution in [0.3, 0.4) is 0 Å². The summed E-state index contributed by atoms with van der Waals surface area (Å²) >= 11 is 1.63. The summed E-state index contributed by atoms with van der Waals surface area (Å²) in [4.78, 5) is 12.1. The molecule has 3 aromatic rings. The molecule has 0 aliphatic carbocycles. The molecular formula is C20H24N8S. The van der Waals surface area contributed by atoms with Gasteiger partial charge >= 0.3 is 0 Å². The normalized spacial score (nSPS) is 23.9. The van der Waals surface area contributed by atoms with Gasteiger partial charge < -0.3 is 10.6 Å². The second kappa shape index (κ2) is 7.61. The van der Waals surface area contributed by atoms with Crippen LogP contribution in [0.5, 0.6) is 0 Å². The zero-order valence-corrected chi connectivity index (χ0v) is 17.2. The van der Waals surface area contributed by atoms with Crippen LogP contribution in [0.25, 0.3) is 10.2 Å². The Morgan fingerprint density at radius 1 is 1.31 bits per heavy atom. The van der Waals surface area contributed by atoms with Crippen LogP contribution in [-0.2, 0) is 0 Å². The summed E-state index contributed by atoms with van der Waals surface area (Å²) in [6, 6.07) is 7.77. The minimum atomic E-state index is 0.363. The van der Waals surface area contributed by atoms with Gasteiger partial charge in [0.05, 0.1) is 16.3 Å². The van der Waals surface area contributed by atoms with Crippen molar-refractivity contribution in [3.05, 3.63) is 23.2 Å². The van der Waals surface area contributed by atoms with Crippen LogP contribution in [0, 0.1) is 18.3 Å². The van der Waals surface area contributed by atoms with Crippen molar-refractivity contribution in [3.8, 4) is 6.07 Å². The van der Waals surface area contributed by atoms with Crippen LogP contribution in [0.4, 0.5) is 17.6 Å². The fraction of sp³-hybridized carbons (Fsp3) is 0.500. The summed E-state index contributed by atoms with van der Waals surface area (Å²) in [5.41, 5.74) is 1.94. The molecule has 2 bridgehead atoms. The van der Waals surface area contributed by atoms with Gasteiger partial charge in [0.15, 0.2) is 11.6 Å². The number of aromatic nitrogens is 4. The Balaban J connectivity index is 1.34. The molecule has 3 aromatic heterocycles. The third kappa shape index (κ3) is 3.66. The number of aryl methyl sites for hydroxylation is 1. The average Bonchev–Trinajstić information content (AvgIpc) is 3.39. The van der Waals surface area contributed by atoms with Gasteiger partial charge in [-0.2, -0.15) is 15.3 Å². The predicted molar refractivity (Wildman–Crippen MR) is 114 cm³/mol. The number of hydrogen-bond donors (Lipinski definition) is 3. The number of nitriles is 1. The monoisotopic (exact) mass is 408 g/mol. The molecule has 0 spiro atoms. The van der Waals surface area contributed by atoms with E-state index in [9.17, 15) is 0 Å². The first-order chi connectivity index (χ1) is 14.2. The largest absolute Gasteiger partial charge is 0.351 e. The third-order valence-corrected chi connectivity index (χ3v) is 6.87. The van der Waals surface area contributed by atoms with Crippen LogP contribution < -0.4 is 10.6 Å². The van der Waals surface area contributed by atoms with Crippen molar-refractivity contribution in [1.82, 2.24) is 25.1 Å². The average molecular weight is 409 g/mol. The first kappa shape index (κ1) is 18.3. The van der Waals surface area contributed by atoms with E-state index in [1.54, 1.807) is 11.3 Å². The fourth-order valence-corrected chi connectivity index (χ4v) is 5.51. The zero-order chi connectivity index (χ0) is 19.8. The number of rotatable bonds is 6. The lowest BCUT2D eigenvalue weighted by Crippen LogP contribution is -2.47. The Morgan fingerprint density at radius 3 is 2.86 bits per heavy atom. The highest BCUT2D eigenvalue weighted by Gasteiger charge is 2.40. The summed E-state index contributed by atoms with van der Waals surface area (Å²) in [6.07, 6.45) is 5.22. The lowest BCUT2D eigenvalue weighted by atomic mass is 9.97. The molecule has 0 saturated carbocycles. The van der Waals surface area contributed by atoms with Crippen LogP contribution in [0.1, 0.15) is 37.8 Å². The highest BCUT2D eigenvalue weighted by molar-refractivity contribution is 7.17. The number of thiophene rings is 1. The molecule has 29 heavy (non-hydrogen) atoms. The van der Waals surface area contributed by atoms with E-state index < -0.39 is 0 Å². The van der Waals surface area contributed by atoms with Crippen LogP contribution in [-0.4, -0.2) is 49.7 Å². The summed E-state index contributed by atoms with van der Waals surface area (Å²) in [6.45, 7) is 2.87. The van der Waals surface area contributed by atoms with Gasteiger partial charge in [0, 0.05) is 42.9 Å². The van der Waals surface area contributed by atoms with Gasteiger partial charge in [-0.25, -0.2) is 4.98 Å². The van der Waals surface area contributed by atoms with E-state index in [-0.39, 0.29) is 0 Å². The fourth-order valence-electron chi connectivity index (χ4n) is 4.73. The second-order valence-electron chi connectivity index (χ2n) is 7.94. The molecule has 2 unspecified atom stereocenters. The minimum Gasteiger partial charge on any atom is -0.351 e. The number of hydrogen-bond acceptors (Lipinski definition) is 8. The second-order valence-corrected chi connectivity index (χ2v) is 8.85. The molecule has 0 radical (unpaired) electrons. The van der Waals surface area contributed by atoms with E-state index in [0.29, 0.717) is 30.5 Å². The number of fused-ring (bicyclic) bond motifs is 3. The Hall–Kier alpha value is -2.70. The van der Waals surface area contributed by atoms with Crippen LogP contribution >= 0.6 is 11.3 Å². The number of piperidine rings is 1. The molecule has 2 aliphatic rings. The molecule has 2 fully saturated rings. The zero-order valence-electron chi connectivity index (χ0n) is 16.4. The van der Waals surface area contributed by atoms with Crippen molar-refractivity contribution in [2.24, 2.45) is 0 Å². The Morgan fingerprint density at radius 2 is 2.14 bits per heavy atom. The maximum absolute atomic E-state index is 8.92. The van der Waals surface area contributed by atoms with Gasteiger partial charge in [-0.1, -0.05) is 0 Å². The van der Waals surface area contributed by atoms with E-state index in [4.69, 9.17) is 15.2 Å². The Kier molecular flexibility index (Phi) is 4.81. The van der Waals surface area contributed by atoms with Crippen molar-refractivity contribution >= 4 is 39.1 Å². The maximum Gasteiger partial charge on any atom is 0.225 e. The first-order valence-corrected chi connectivity index (χ1v) is 11.0.